The monoisotopic (exact) mass is 396 g/mol. The van der Waals surface area contributed by atoms with Crippen molar-refractivity contribution in [2.24, 2.45) is 0 Å². The van der Waals surface area contributed by atoms with Crippen LogP contribution >= 0.6 is 11.6 Å². The number of nitrogens with one attached hydrogen (secondary N) is 1. The van der Waals surface area contributed by atoms with Crippen molar-refractivity contribution in [2.45, 2.75) is 44.2 Å². The molecule has 2 amide bonds. The zero-order valence-corrected chi connectivity index (χ0v) is 15.6. The number of cyclic esters (lactones) is 1. The Balaban J connectivity index is 1.35. The fraction of sp³-hybridized carbons (Fsp3) is 0.474. The molecule has 1 N–H and O–H groups in total. The molecule has 0 unspecified atom stereocenters. The first-order valence-electron chi connectivity index (χ1n) is 8.95. The summed E-state index contributed by atoms with van der Waals surface area (Å²) in [5, 5.41) is 2.62. The van der Waals surface area contributed by atoms with E-state index in [9.17, 15) is 14.0 Å². The predicted molar refractivity (Wildman–Crippen MR) is 98.0 cm³/mol. The highest BCUT2D eigenvalue weighted by molar-refractivity contribution is 6.30. The largest absolute Gasteiger partial charge is 0.484 e. The minimum Gasteiger partial charge on any atom is -0.484 e. The quantitative estimate of drug-likeness (QED) is 0.728. The van der Waals surface area contributed by atoms with Gasteiger partial charge in [-0.2, -0.15) is 0 Å². The maximum Gasteiger partial charge on any atom is 0.410 e. The minimum atomic E-state index is -0.610. The highest BCUT2D eigenvalue weighted by atomic mass is 35.5. The van der Waals surface area contributed by atoms with Crippen molar-refractivity contribution in [3.05, 3.63) is 41.3 Å². The van der Waals surface area contributed by atoms with E-state index in [1.165, 1.54) is 12.1 Å². The summed E-state index contributed by atoms with van der Waals surface area (Å²) in [4.78, 5) is 25.6. The lowest BCUT2D eigenvalue weighted by Gasteiger charge is -2.32. The Morgan fingerprint density at radius 2 is 2.22 bits per heavy atom. The number of nitrogens with zero attached hydrogens (tertiary/aromatic N) is 1. The standard InChI is InChI=1S/C19H22ClFN2O4/c1-12(5-6-15-10-23(19(25)27-15)13-3-2-4-13)22-18(24)11-26-14-7-8-16(20)17(21)9-14/h7-9,13,15H,1-6,10-11H2,(H,22,24)/t15-/m0/s1. The Labute approximate surface area is 162 Å². The third-order valence-electron chi connectivity index (χ3n) is 4.76. The van der Waals surface area contributed by atoms with Crippen LogP contribution < -0.4 is 10.1 Å². The first-order valence-corrected chi connectivity index (χ1v) is 9.33. The Morgan fingerprint density at radius 3 is 2.89 bits per heavy atom. The third kappa shape index (κ3) is 5.13. The second-order valence-corrected chi connectivity index (χ2v) is 7.21. The van der Waals surface area contributed by atoms with Gasteiger partial charge < -0.3 is 19.7 Å². The lowest BCUT2D eigenvalue weighted by Crippen LogP contribution is -2.41. The Kier molecular flexibility index (Phi) is 6.21. The molecule has 0 radical (unpaired) electrons. The molecule has 2 aliphatic rings. The van der Waals surface area contributed by atoms with E-state index >= 15 is 0 Å². The van der Waals surface area contributed by atoms with Gasteiger partial charge in [-0.3, -0.25) is 4.79 Å². The van der Waals surface area contributed by atoms with Crippen LogP contribution in [0.4, 0.5) is 9.18 Å². The number of rotatable bonds is 8. The Hall–Kier alpha value is -2.28. The Bertz CT molecular complexity index is 738. The number of hydrogen-bond donors (Lipinski definition) is 1. The summed E-state index contributed by atoms with van der Waals surface area (Å²) in [5.74, 6) is -0.789. The molecule has 0 bridgehead atoms. The lowest BCUT2D eigenvalue weighted by molar-refractivity contribution is -0.122. The molecule has 1 saturated heterocycles. The van der Waals surface area contributed by atoms with Gasteiger partial charge in [-0.15, -0.1) is 0 Å². The van der Waals surface area contributed by atoms with Gasteiger partial charge in [-0.25, -0.2) is 9.18 Å². The number of halogens is 2. The molecule has 6 nitrogen and oxygen atoms in total. The summed E-state index contributed by atoms with van der Waals surface area (Å²) in [5.41, 5.74) is 0.518. The van der Waals surface area contributed by atoms with Crippen LogP contribution in [-0.4, -0.2) is 42.2 Å². The van der Waals surface area contributed by atoms with Gasteiger partial charge in [0.2, 0.25) is 0 Å². The van der Waals surface area contributed by atoms with Gasteiger partial charge in [0.15, 0.2) is 6.61 Å². The van der Waals surface area contributed by atoms with Gasteiger partial charge in [-0.05, 0) is 44.2 Å². The molecule has 27 heavy (non-hydrogen) atoms. The van der Waals surface area contributed by atoms with Crippen molar-refractivity contribution >= 4 is 23.6 Å². The van der Waals surface area contributed by atoms with Gasteiger partial charge in [0.05, 0.1) is 11.6 Å². The van der Waals surface area contributed by atoms with Crippen molar-refractivity contribution in [2.75, 3.05) is 13.2 Å². The number of carbonyl (C=O) groups excluding carboxylic acids is 2. The maximum atomic E-state index is 13.3. The van der Waals surface area contributed by atoms with E-state index in [4.69, 9.17) is 21.1 Å². The highest BCUT2D eigenvalue weighted by Gasteiger charge is 2.38. The number of amides is 2. The normalized spacial score (nSPS) is 19.4. The summed E-state index contributed by atoms with van der Waals surface area (Å²) < 4.78 is 23.9. The van der Waals surface area contributed by atoms with Crippen LogP contribution in [0.15, 0.2) is 30.5 Å². The first-order chi connectivity index (χ1) is 12.9. The number of carbonyl (C=O) groups is 2. The summed E-state index contributed by atoms with van der Waals surface area (Å²) >= 11 is 5.59. The number of ether oxygens (including phenoxy) is 2. The van der Waals surface area contributed by atoms with Crippen molar-refractivity contribution in [3.8, 4) is 5.75 Å². The van der Waals surface area contributed by atoms with Crippen LogP contribution in [0.3, 0.4) is 0 Å². The van der Waals surface area contributed by atoms with Gasteiger partial charge in [0, 0.05) is 17.8 Å². The van der Waals surface area contributed by atoms with Crippen LogP contribution in [0.25, 0.3) is 0 Å². The van der Waals surface area contributed by atoms with Crippen molar-refractivity contribution in [3.63, 3.8) is 0 Å². The maximum absolute atomic E-state index is 13.3. The second kappa shape index (κ2) is 8.61. The van der Waals surface area contributed by atoms with Crippen molar-refractivity contribution < 1.29 is 23.5 Å². The highest BCUT2D eigenvalue weighted by Crippen LogP contribution is 2.29. The molecule has 0 aromatic heterocycles. The third-order valence-corrected chi connectivity index (χ3v) is 5.07. The fourth-order valence-corrected chi connectivity index (χ4v) is 3.15. The van der Waals surface area contributed by atoms with E-state index in [1.54, 1.807) is 4.90 Å². The average Bonchev–Trinajstić information content (AvgIpc) is 2.93. The van der Waals surface area contributed by atoms with E-state index in [0.717, 1.165) is 25.3 Å². The molecule has 1 aromatic rings. The minimum absolute atomic E-state index is 0.0105. The fourth-order valence-electron chi connectivity index (χ4n) is 3.03. The van der Waals surface area contributed by atoms with E-state index in [-0.39, 0.29) is 29.6 Å². The summed E-state index contributed by atoms with van der Waals surface area (Å²) in [6.07, 6.45) is 3.91. The van der Waals surface area contributed by atoms with Crippen LogP contribution in [0.1, 0.15) is 32.1 Å². The smallest absolute Gasteiger partial charge is 0.410 e. The van der Waals surface area contributed by atoms with Crippen LogP contribution in [0.2, 0.25) is 5.02 Å². The van der Waals surface area contributed by atoms with E-state index in [2.05, 4.69) is 11.9 Å². The molecule has 1 aliphatic carbocycles. The van der Waals surface area contributed by atoms with Crippen LogP contribution in [-0.2, 0) is 9.53 Å². The molecular weight excluding hydrogens is 375 g/mol. The molecule has 146 valence electrons. The molecule has 1 aliphatic heterocycles. The van der Waals surface area contributed by atoms with Gasteiger partial charge in [0.1, 0.15) is 17.7 Å². The summed E-state index contributed by atoms with van der Waals surface area (Å²) in [6.45, 7) is 4.14. The lowest BCUT2D eigenvalue weighted by atomic mass is 9.91. The van der Waals surface area contributed by atoms with Crippen LogP contribution in [0.5, 0.6) is 5.75 Å². The summed E-state index contributed by atoms with van der Waals surface area (Å²) in [6, 6.07) is 4.28. The zero-order chi connectivity index (χ0) is 19.4. The second-order valence-electron chi connectivity index (χ2n) is 6.80. The zero-order valence-electron chi connectivity index (χ0n) is 14.9. The molecule has 1 saturated carbocycles. The molecule has 3 rings (SSSR count). The topological polar surface area (TPSA) is 67.9 Å². The molecule has 1 heterocycles. The average molecular weight is 397 g/mol. The summed E-state index contributed by atoms with van der Waals surface area (Å²) in [7, 11) is 0. The molecule has 1 atom stereocenters. The SMILES string of the molecule is C=C(CC[C@H]1CN(C2CCC2)C(=O)O1)NC(=O)COc1ccc(Cl)c(F)c1. The van der Waals surface area contributed by atoms with E-state index < -0.39 is 11.7 Å². The first kappa shape index (κ1) is 19.5. The van der Waals surface area contributed by atoms with Crippen molar-refractivity contribution in [1.82, 2.24) is 10.2 Å². The molecule has 2 fully saturated rings. The van der Waals surface area contributed by atoms with Gasteiger partial charge >= 0.3 is 6.09 Å². The molecule has 8 heteroatoms. The number of allylic oxidation sites excluding steroid dienone is 1. The number of hydrogen-bond acceptors (Lipinski definition) is 4. The predicted octanol–water partition coefficient (Wildman–Crippen LogP) is 3.64. The molecule has 1 aromatic carbocycles. The van der Waals surface area contributed by atoms with Gasteiger partial charge in [0.25, 0.3) is 5.91 Å². The molecular formula is C19H22ClFN2O4. The van der Waals surface area contributed by atoms with E-state index in [0.29, 0.717) is 31.1 Å². The van der Waals surface area contributed by atoms with Gasteiger partial charge in [-0.1, -0.05) is 18.2 Å². The number of benzene rings is 1. The van der Waals surface area contributed by atoms with Crippen LogP contribution in [0, 0.1) is 5.82 Å². The van der Waals surface area contributed by atoms with Crippen molar-refractivity contribution in [1.29, 1.82) is 0 Å². The molecule has 0 spiro atoms. The Morgan fingerprint density at radius 1 is 1.44 bits per heavy atom. The van der Waals surface area contributed by atoms with E-state index in [1.807, 2.05) is 0 Å².